The number of piperidine rings is 1. The lowest BCUT2D eigenvalue weighted by Crippen LogP contribution is -2.48. The fourth-order valence-electron chi connectivity index (χ4n) is 6.13. The molecule has 1 aliphatic heterocycles. The van der Waals surface area contributed by atoms with Crippen LogP contribution in [-0.4, -0.2) is 51.5 Å². The molecule has 4 aromatic rings. The van der Waals surface area contributed by atoms with Gasteiger partial charge in [-0.05, 0) is 74.3 Å². The molecule has 1 saturated heterocycles. The molecule has 0 spiro atoms. The minimum atomic E-state index is -0.181. The number of likely N-dealkylation sites (tertiary alicyclic amines) is 1. The third-order valence-corrected chi connectivity index (χ3v) is 8.38. The summed E-state index contributed by atoms with van der Waals surface area (Å²) in [4.78, 5) is 11.9. The molecule has 2 radical (unpaired) electrons. The highest BCUT2D eigenvalue weighted by Crippen LogP contribution is 2.38. The first kappa shape index (κ1) is 24.1. The largest absolute Gasteiger partial charge is 0.366 e. The average Bonchev–Trinajstić information content (AvgIpc) is 3.34. The Morgan fingerprint density at radius 2 is 1.78 bits per heavy atom. The zero-order chi connectivity index (χ0) is 25.2. The number of nitrogens with two attached hydrogens (primary N) is 1. The van der Waals surface area contributed by atoms with Crippen molar-refractivity contribution in [3.8, 4) is 0 Å². The molecular formula is C29H34BN7. The third kappa shape index (κ3) is 5.00. The number of benzene rings is 1. The van der Waals surface area contributed by atoms with E-state index in [4.69, 9.17) is 18.6 Å². The van der Waals surface area contributed by atoms with Gasteiger partial charge in [0.05, 0.1) is 0 Å². The van der Waals surface area contributed by atoms with E-state index < -0.39 is 0 Å². The minimum Gasteiger partial charge on any atom is -0.366 e. The molecular weight excluding hydrogens is 457 g/mol. The molecule has 0 bridgehead atoms. The number of hydrogen-bond acceptors (Lipinski definition) is 6. The topological polar surface area (TPSA) is 84.4 Å². The van der Waals surface area contributed by atoms with Crippen molar-refractivity contribution in [2.45, 2.75) is 62.6 Å². The van der Waals surface area contributed by atoms with Gasteiger partial charge in [-0.25, -0.2) is 4.98 Å². The first-order valence-electron chi connectivity index (χ1n) is 13.4. The standard InChI is InChI=1S/C29H34BN7/c30-25-20-34-37-27(33-19-21-5-4-14-32-18-21)17-26(35-28(25)37)22-10-15-36(16-11-22)24-8-12-29(31,13-9-24)23-6-2-1-3-7-23/h1-7,14,17-18,20,22,24,33H,8-13,15-16,19,31H2. The van der Waals surface area contributed by atoms with Gasteiger partial charge < -0.3 is 16.0 Å². The summed E-state index contributed by atoms with van der Waals surface area (Å²) in [7, 11) is 6.23. The van der Waals surface area contributed by atoms with E-state index in [-0.39, 0.29) is 5.54 Å². The van der Waals surface area contributed by atoms with Crippen LogP contribution >= 0.6 is 0 Å². The van der Waals surface area contributed by atoms with Crippen molar-refractivity contribution in [2.24, 2.45) is 5.73 Å². The van der Waals surface area contributed by atoms with Crippen LogP contribution in [0.3, 0.4) is 0 Å². The van der Waals surface area contributed by atoms with Crippen LogP contribution in [0.5, 0.6) is 0 Å². The first-order chi connectivity index (χ1) is 18.1. The third-order valence-electron chi connectivity index (χ3n) is 8.38. The lowest BCUT2D eigenvalue weighted by atomic mass is 9.75. The molecule has 1 saturated carbocycles. The van der Waals surface area contributed by atoms with Crippen molar-refractivity contribution in [3.05, 3.63) is 83.9 Å². The Hall–Kier alpha value is -3.23. The number of hydrogen-bond donors (Lipinski definition) is 2. The molecule has 4 heterocycles. The number of anilines is 1. The monoisotopic (exact) mass is 491 g/mol. The van der Waals surface area contributed by atoms with Crippen LogP contribution in [-0.2, 0) is 12.1 Å². The molecule has 3 N–H and O–H groups in total. The molecule has 2 aliphatic rings. The zero-order valence-electron chi connectivity index (χ0n) is 21.3. The number of nitrogens with one attached hydrogen (secondary N) is 1. The number of pyridine rings is 1. The number of fused-ring (bicyclic) bond motifs is 1. The smallest absolute Gasteiger partial charge is 0.150 e. The van der Waals surface area contributed by atoms with E-state index in [1.807, 2.05) is 12.3 Å². The van der Waals surface area contributed by atoms with Crippen LogP contribution < -0.4 is 16.5 Å². The van der Waals surface area contributed by atoms with Crippen LogP contribution in [0.1, 0.15) is 61.3 Å². The Morgan fingerprint density at radius 3 is 2.51 bits per heavy atom. The Bertz CT molecular complexity index is 1320. The molecule has 0 atom stereocenters. The number of rotatable bonds is 6. The molecule has 7 nitrogen and oxygen atoms in total. The van der Waals surface area contributed by atoms with E-state index in [1.54, 1.807) is 16.9 Å². The highest BCUT2D eigenvalue weighted by atomic mass is 15.3. The SMILES string of the molecule is [B]c1cnn2c(NCc3cccnc3)cc(C3CCN(C4CCC(N)(c5ccccc5)CC4)CC3)nc12. The van der Waals surface area contributed by atoms with Crippen molar-refractivity contribution in [1.82, 2.24) is 24.5 Å². The molecule has 37 heavy (non-hydrogen) atoms. The van der Waals surface area contributed by atoms with Gasteiger partial charge in [-0.3, -0.25) is 4.98 Å². The van der Waals surface area contributed by atoms with Gasteiger partial charge in [0.2, 0.25) is 0 Å². The maximum atomic E-state index is 6.84. The van der Waals surface area contributed by atoms with Crippen molar-refractivity contribution < 1.29 is 0 Å². The summed E-state index contributed by atoms with van der Waals surface area (Å²) in [5, 5.41) is 7.98. The van der Waals surface area contributed by atoms with E-state index >= 15 is 0 Å². The van der Waals surface area contributed by atoms with Gasteiger partial charge in [0.1, 0.15) is 19.3 Å². The average molecular weight is 491 g/mol. The molecule has 6 rings (SSSR count). The molecule has 188 valence electrons. The van der Waals surface area contributed by atoms with Gasteiger partial charge in [-0.2, -0.15) is 9.61 Å². The van der Waals surface area contributed by atoms with Crippen LogP contribution in [0.25, 0.3) is 5.65 Å². The van der Waals surface area contributed by atoms with Crippen LogP contribution in [0.4, 0.5) is 5.82 Å². The quantitative estimate of drug-likeness (QED) is 0.402. The van der Waals surface area contributed by atoms with Gasteiger partial charge in [-0.15, -0.1) is 0 Å². The van der Waals surface area contributed by atoms with Gasteiger partial charge in [-0.1, -0.05) is 36.4 Å². The predicted molar refractivity (Wildman–Crippen MR) is 148 cm³/mol. The fourth-order valence-corrected chi connectivity index (χ4v) is 6.13. The minimum absolute atomic E-state index is 0.181. The van der Waals surface area contributed by atoms with Gasteiger partial charge in [0.25, 0.3) is 0 Å². The summed E-state index contributed by atoms with van der Waals surface area (Å²) in [5.74, 6) is 1.33. The molecule has 1 aliphatic carbocycles. The van der Waals surface area contributed by atoms with Crippen molar-refractivity contribution in [3.63, 3.8) is 0 Å². The van der Waals surface area contributed by atoms with E-state index in [1.165, 1.54) is 5.56 Å². The Kier molecular flexibility index (Phi) is 6.70. The molecule has 3 aromatic heterocycles. The summed E-state index contributed by atoms with van der Waals surface area (Å²) in [5.41, 5.74) is 11.5. The van der Waals surface area contributed by atoms with Crippen molar-refractivity contribution >= 4 is 24.8 Å². The second-order valence-corrected chi connectivity index (χ2v) is 10.7. The van der Waals surface area contributed by atoms with Crippen molar-refractivity contribution in [2.75, 3.05) is 18.4 Å². The first-order valence-corrected chi connectivity index (χ1v) is 13.4. The summed E-state index contributed by atoms with van der Waals surface area (Å²) in [6.45, 7) is 2.86. The Labute approximate surface area is 219 Å². The van der Waals surface area contributed by atoms with Crippen LogP contribution in [0.2, 0.25) is 0 Å². The molecule has 8 heteroatoms. The van der Waals surface area contributed by atoms with E-state index in [2.05, 4.69) is 62.8 Å². The van der Waals surface area contributed by atoms with Gasteiger partial charge in [0, 0.05) is 54.4 Å². The van der Waals surface area contributed by atoms with Crippen LogP contribution in [0.15, 0.2) is 67.1 Å². The van der Waals surface area contributed by atoms with Gasteiger partial charge >= 0.3 is 0 Å². The summed E-state index contributed by atoms with van der Waals surface area (Å²) in [6, 6.07) is 17.4. The predicted octanol–water partition coefficient (Wildman–Crippen LogP) is 3.51. The Balaban J connectivity index is 1.11. The highest BCUT2D eigenvalue weighted by Gasteiger charge is 2.36. The normalized spacial score (nSPS) is 23.3. The summed E-state index contributed by atoms with van der Waals surface area (Å²) >= 11 is 0. The fraction of sp³-hybridized carbons (Fsp3) is 0.414. The number of nitrogens with zero attached hydrogens (tertiary/aromatic N) is 5. The summed E-state index contributed by atoms with van der Waals surface area (Å²) in [6.07, 6.45) is 12.0. The molecule has 1 aromatic carbocycles. The van der Waals surface area contributed by atoms with E-state index in [0.29, 0.717) is 24.0 Å². The van der Waals surface area contributed by atoms with E-state index in [9.17, 15) is 0 Å². The second kappa shape index (κ2) is 10.3. The molecule has 0 amide bonds. The zero-order valence-corrected chi connectivity index (χ0v) is 21.3. The van der Waals surface area contributed by atoms with Crippen LogP contribution in [0, 0.1) is 0 Å². The highest BCUT2D eigenvalue weighted by molar-refractivity contribution is 6.36. The second-order valence-electron chi connectivity index (χ2n) is 10.7. The Morgan fingerprint density at radius 1 is 1.00 bits per heavy atom. The molecule has 2 fully saturated rings. The molecule has 0 unspecified atom stereocenters. The van der Waals surface area contributed by atoms with E-state index in [0.717, 1.165) is 74.3 Å². The lowest BCUT2D eigenvalue weighted by molar-refractivity contribution is 0.0983. The maximum Gasteiger partial charge on any atom is 0.150 e. The lowest BCUT2D eigenvalue weighted by Gasteiger charge is -2.44. The van der Waals surface area contributed by atoms with Gasteiger partial charge in [0.15, 0.2) is 0 Å². The van der Waals surface area contributed by atoms with Crippen molar-refractivity contribution in [1.29, 1.82) is 0 Å². The summed E-state index contributed by atoms with van der Waals surface area (Å²) < 4.78 is 1.80. The maximum absolute atomic E-state index is 6.84. The number of aromatic nitrogens is 4.